The first-order valence-corrected chi connectivity index (χ1v) is 8.87. The van der Waals surface area contributed by atoms with E-state index in [1.165, 1.54) is 0 Å². The molecule has 1 aliphatic rings. The van der Waals surface area contributed by atoms with Gasteiger partial charge in [0.05, 0.1) is 25.7 Å². The minimum Gasteiger partial charge on any atom is -0.495 e. The van der Waals surface area contributed by atoms with Gasteiger partial charge in [-0.05, 0) is 18.6 Å². The van der Waals surface area contributed by atoms with E-state index in [0.717, 1.165) is 42.9 Å². The number of hydrogen-bond donors (Lipinski definition) is 1. The molecule has 134 valence electrons. The minimum atomic E-state index is 0.108. The number of anilines is 1. The fourth-order valence-corrected chi connectivity index (χ4v) is 3.39. The van der Waals surface area contributed by atoms with Gasteiger partial charge in [-0.1, -0.05) is 31.9 Å². The van der Waals surface area contributed by atoms with E-state index in [2.05, 4.69) is 21.8 Å². The molecule has 0 bridgehead atoms. The van der Waals surface area contributed by atoms with Crippen LogP contribution in [0.1, 0.15) is 31.9 Å². The highest BCUT2D eigenvalue weighted by Gasteiger charge is 2.33. The molecule has 2 heterocycles. The number of piperazine rings is 1. The number of hydrogen-bond acceptors (Lipinski definition) is 4. The van der Waals surface area contributed by atoms with Crippen LogP contribution in [0.25, 0.3) is 0 Å². The number of rotatable bonds is 7. The number of aromatic nitrogens is 2. The van der Waals surface area contributed by atoms with Crippen molar-refractivity contribution in [2.45, 2.75) is 38.8 Å². The fourth-order valence-electron chi connectivity index (χ4n) is 3.39. The molecule has 2 aromatic rings. The number of unbranched alkanes of at least 4 members (excludes halogenated alkanes) is 1. The van der Waals surface area contributed by atoms with Crippen molar-refractivity contribution < 1.29 is 9.53 Å². The Balaban J connectivity index is 1.80. The summed E-state index contributed by atoms with van der Waals surface area (Å²) in [6.07, 6.45) is 6.88. The Morgan fingerprint density at radius 2 is 2.20 bits per heavy atom. The van der Waals surface area contributed by atoms with Crippen molar-refractivity contribution in [2.75, 3.05) is 25.1 Å². The lowest BCUT2D eigenvalue weighted by molar-refractivity contribution is -0.122. The third kappa shape index (κ3) is 4.02. The topological polar surface area (TPSA) is 61.5 Å². The van der Waals surface area contributed by atoms with Gasteiger partial charge in [-0.3, -0.25) is 9.69 Å². The summed E-state index contributed by atoms with van der Waals surface area (Å²) in [5, 5.41) is 0. The third-order valence-electron chi connectivity index (χ3n) is 4.74. The SMILES string of the molecule is CCCCC1CN(c2ccccc2OC)C(=O)CN1Cc1cnc[nH]1. The Morgan fingerprint density at radius 3 is 2.92 bits per heavy atom. The Bertz CT molecular complexity index is 686. The van der Waals surface area contributed by atoms with Crippen LogP contribution in [0, 0.1) is 0 Å². The number of carbonyl (C=O) groups is 1. The first kappa shape index (κ1) is 17.5. The molecule has 1 atom stereocenters. The molecule has 6 nitrogen and oxygen atoms in total. The zero-order valence-electron chi connectivity index (χ0n) is 14.9. The van der Waals surface area contributed by atoms with Crippen LogP contribution in [0.4, 0.5) is 5.69 Å². The lowest BCUT2D eigenvalue weighted by Crippen LogP contribution is -2.56. The lowest BCUT2D eigenvalue weighted by atomic mass is 10.0. The van der Waals surface area contributed by atoms with E-state index in [9.17, 15) is 4.79 Å². The number of imidazole rings is 1. The number of nitrogens with zero attached hydrogens (tertiary/aromatic N) is 3. The molecule has 1 fully saturated rings. The molecular weight excluding hydrogens is 316 g/mol. The smallest absolute Gasteiger partial charge is 0.241 e. The predicted octanol–water partition coefficient (Wildman–Crippen LogP) is 2.83. The maximum Gasteiger partial charge on any atom is 0.241 e. The van der Waals surface area contributed by atoms with Crippen LogP contribution in [0.2, 0.25) is 0 Å². The summed E-state index contributed by atoms with van der Waals surface area (Å²) in [7, 11) is 1.65. The number of nitrogens with one attached hydrogen (secondary N) is 1. The van der Waals surface area contributed by atoms with Gasteiger partial charge in [0.1, 0.15) is 5.75 Å². The number of carbonyl (C=O) groups excluding carboxylic acids is 1. The summed E-state index contributed by atoms with van der Waals surface area (Å²) in [6, 6.07) is 8.06. The van der Waals surface area contributed by atoms with Gasteiger partial charge in [0.15, 0.2) is 0 Å². The molecule has 1 amide bonds. The Kier molecular flexibility index (Phi) is 5.71. The van der Waals surface area contributed by atoms with Crippen LogP contribution in [-0.4, -0.2) is 47.0 Å². The van der Waals surface area contributed by atoms with Gasteiger partial charge in [0, 0.05) is 31.0 Å². The van der Waals surface area contributed by atoms with E-state index in [1.54, 1.807) is 13.4 Å². The summed E-state index contributed by atoms with van der Waals surface area (Å²) < 4.78 is 5.45. The van der Waals surface area contributed by atoms with Crippen molar-refractivity contribution in [1.82, 2.24) is 14.9 Å². The average Bonchev–Trinajstić information content (AvgIpc) is 3.14. The van der Waals surface area contributed by atoms with Gasteiger partial charge in [0.2, 0.25) is 5.91 Å². The zero-order chi connectivity index (χ0) is 17.6. The van der Waals surface area contributed by atoms with Crippen molar-refractivity contribution in [3.63, 3.8) is 0 Å². The highest BCUT2D eigenvalue weighted by Crippen LogP contribution is 2.31. The summed E-state index contributed by atoms with van der Waals surface area (Å²) in [6.45, 7) is 4.02. The van der Waals surface area contributed by atoms with E-state index in [4.69, 9.17) is 4.74 Å². The Hall–Kier alpha value is -2.34. The molecule has 1 N–H and O–H groups in total. The molecule has 0 spiro atoms. The van der Waals surface area contributed by atoms with Crippen LogP contribution >= 0.6 is 0 Å². The largest absolute Gasteiger partial charge is 0.495 e. The number of amides is 1. The van der Waals surface area contributed by atoms with Crippen LogP contribution in [0.3, 0.4) is 0 Å². The normalized spacial score (nSPS) is 18.6. The maximum absolute atomic E-state index is 12.8. The molecule has 0 radical (unpaired) electrons. The van der Waals surface area contributed by atoms with Crippen molar-refractivity contribution in [3.8, 4) is 5.75 Å². The number of H-pyrrole nitrogens is 1. The molecule has 1 aliphatic heterocycles. The van der Waals surface area contributed by atoms with Crippen LogP contribution in [0.5, 0.6) is 5.75 Å². The molecule has 1 aromatic heterocycles. The van der Waals surface area contributed by atoms with Gasteiger partial charge in [-0.15, -0.1) is 0 Å². The molecule has 1 aromatic carbocycles. The Labute approximate surface area is 148 Å². The molecular formula is C19H26N4O2. The van der Waals surface area contributed by atoms with E-state index < -0.39 is 0 Å². The molecule has 6 heteroatoms. The zero-order valence-corrected chi connectivity index (χ0v) is 14.9. The average molecular weight is 342 g/mol. The second-order valence-electron chi connectivity index (χ2n) is 6.45. The minimum absolute atomic E-state index is 0.108. The predicted molar refractivity (Wildman–Crippen MR) is 97.7 cm³/mol. The second kappa shape index (κ2) is 8.16. The highest BCUT2D eigenvalue weighted by atomic mass is 16.5. The van der Waals surface area contributed by atoms with Crippen molar-refractivity contribution in [2.24, 2.45) is 0 Å². The summed E-state index contributed by atoms with van der Waals surface area (Å²) in [5.74, 6) is 0.851. The third-order valence-corrected chi connectivity index (χ3v) is 4.74. The first-order valence-electron chi connectivity index (χ1n) is 8.87. The maximum atomic E-state index is 12.8. The van der Waals surface area contributed by atoms with Gasteiger partial charge in [-0.25, -0.2) is 4.98 Å². The lowest BCUT2D eigenvalue weighted by Gasteiger charge is -2.41. The van der Waals surface area contributed by atoms with Crippen molar-refractivity contribution >= 4 is 11.6 Å². The van der Waals surface area contributed by atoms with E-state index in [1.807, 2.05) is 35.4 Å². The number of ether oxygens (including phenoxy) is 1. The molecule has 3 rings (SSSR count). The summed E-state index contributed by atoms with van der Waals surface area (Å²) in [5.41, 5.74) is 1.90. The second-order valence-corrected chi connectivity index (χ2v) is 6.45. The van der Waals surface area contributed by atoms with Gasteiger partial charge in [-0.2, -0.15) is 0 Å². The molecule has 0 saturated carbocycles. The first-order chi connectivity index (χ1) is 12.2. The molecule has 1 unspecified atom stereocenters. The molecule has 0 aliphatic carbocycles. The van der Waals surface area contributed by atoms with E-state index >= 15 is 0 Å². The van der Waals surface area contributed by atoms with Gasteiger partial charge in [0.25, 0.3) is 0 Å². The number of para-hydroxylation sites is 2. The van der Waals surface area contributed by atoms with Crippen LogP contribution in [-0.2, 0) is 11.3 Å². The van der Waals surface area contributed by atoms with Crippen molar-refractivity contribution in [1.29, 1.82) is 0 Å². The highest BCUT2D eigenvalue weighted by molar-refractivity contribution is 5.97. The number of aromatic amines is 1. The number of benzene rings is 1. The summed E-state index contributed by atoms with van der Waals surface area (Å²) in [4.78, 5) is 24.2. The van der Waals surface area contributed by atoms with Crippen LogP contribution in [0.15, 0.2) is 36.8 Å². The number of methoxy groups -OCH3 is 1. The van der Waals surface area contributed by atoms with Crippen LogP contribution < -0.4 is 9.64 Å². The summed E-state index contributed by atoms with van der Waals surface area (Å²) >= 11 is 0. The fraction of sp³-hybridized carbons (Fsp3) is 0.474. The van der Waals surface area contributed by atoms with E-state index in [-0.39, 0.29) is 5.91 Å². The van der Waals surface area contributed by atoms with Crippen molar-refractivity contribution in [3.05, 3.63) is 42.5 Å². The molecule has 1 saturated heterocycles. The standard InChI is InChI=1S/C19H26N4O2/c1-3-4-7-16-12-23(17-8-5-6-9-18(17)25-2)19(24)13-22(16)11-15-10-20-14-21-15/h5-6,8-10,14,16H,3-4,7,11-13H2,1-2H3,(H,20,21). The Morgan fingerprint density at radius 1 is 1.36 bits per heavy atom. The monoisotopic (exact) mass is 342 g/mol. The van der Waals surface area contributed by atoms with Gasteiger partial charge >= 0.3 is 0 Å². The quantitative estimate of drug-likeness (QED) is 0.840. The van der Waals surface area contributed by atoms with E-state index in [0.29, 0.717) is 19.1 Å². The van der Waals surface area contributed by atoms with Gasteiger partial charge < -0.3 is 14.6 Å². The molecule has 25 heavy (non-hydrogen) atoms.